The Balaban J connectivity index is 1.54. The van der Waals surface area contributed by atoms with E-state index in [0.29, 0.717) is 17.0 Å². The van der Waals surface area contributed by atoms with Crippen molar-refractivity contribution in [3.63, 3.8) is 0 Å². The number of barbiturate groups is 1. The molecule has 1 fully saturated rings. The number of amides is 4. The van der Waals surface area contributed by atoms with Crippen molar-refractivity contribution in [3.8, 4) is 0 Å². The third-order valence-electron chi connectivity index (χ3n) is 5.71. The number of nitrogens with zero attached hydrogens (tertiary/aromatic N) is 2. The number of para-hydroxylation sites is 1. The lowest BCUT2D eigenvalue weighted by molar-refractivity contribution is -0.122. The Labute approximate surface area is 198 Å². The summed E-state index contributed by atoms with van der Waals surface area (Å²) in [6, 6.07) is 16.4. The minimum atomic E-state index is -1.16. The molecule has 1 aliphatic rings. The molecule has 0 bridgehead atoms. The second-order valence-corrected chi connectivity index (χ2v) is 8.09. The van der Waals surface area contributed by atoms with Crippen LogP contribution >= 0.6 is 0 Å². The maximum atomic E-state index is 13.2. The fourth-order valence-electron chi connectivity index (χ4n) is 4.01. The van der Waals surface area contributed by atoms with Gasteiger partial charge in [-0.2, -0.15) is 0 Å². The number of furan rings is 1. The molecule has 0 unspecified atom stereocenters. The van der Waals surface area contributed by atoms with Crippen LogP contribution in [-0.4, -0.2) is 33.5 Å². The maximum Gasteiger partial charge on any atom is 0.371 e. The number of nitrogens with one attached hydrogen (secondary N) is 1. The summed E-state index contributed by atoms with van der Waals surface area (Å²) in [5, 5.41) is 12.1. The zero-order chi connectivity index (χ0) is 24.7. The number of carbonyl (C=O) groups excluding carboxylic acids is 3. The Hall–Kier alpha value is -4.92. The molecule has 4 aromatic rings. The van der Waals surface area contributed by atoms with Crippen molar-refractivity contribution in [1.29, 1.82) is 0 Å². The van der Waals surface area contributed by atoms with E-state index in [0.717, 1.165) is 21.4 Å². The topological polar surface area (TPSA) is 122 Å². The number of carboxylic acids is 1. The SMILES string of the molecule is Cc1ccc(N2C(=O)NC(=O)/C(=C\c3cn(Cc4ccc(C(=O)O)o4)c4ccccc34)C2=O)cc1. The lowest BCUT2D eigenvalue weighted by Gasteiger charge is -2.26. The molecule has 0 atom stereocenters. The molecule has 1 aliphatic heterocycles. The lowest BCUT2D eigenvalue weighted by atomic mass is 10.1. The predicted molar refractivity (Wildman–Crippen MR) is 127 cm³/mol. The summed E-state index contributed by atoms with van der Waals surface area (Å²) in [4.78, 5) is 50.4. The lowest BCUT2D eigenvalue weighted by Crippen LogP contribution is -2.54. The first-order chi connectivity index (χ1) is 16.8. The highest BCUT2D eigenvalue weighted by atomic mass is 16.4. The number of hydrogen-bond acceptors (Lipinski definition) is 5. The van der Waals surface area contributed by atoms with Crippen molar-refractivity contribution >= 4 is 46.5 Å². The number of aryl methyl sites for hydroxylation is 1. The third kappa shape index (κ3) is 3.99. The Kier molecular flexibility index (Phi) is 5.29. The van der Waals surface area contributed by atoms with E-state index in [4.69, 9.17) is 9.52 Å². The van der Waals surface area contributed by atoms with Gasteiger partial charge in [-0.1, -0.05) is 35.9 Å². The minimum absolute atomic E-state index is 0.163. The van der Waals surface area contributed by atoms with E-state index in [1.165, 1.54) is 12.1 Å². The Morgan fingerprint density at radius 1 is 1.03 bits per heavy atom. The van der Waals surface area contributed by atoms with E-state index < -0.39 is 23.8 Å². The summed E-state index contributed by atoms with van der Waals surface area (Å²) < 4.78 is 7.21. The van der Waals surface area contributed by atoms with Crippen molar-refractivity contribution in [2.24, 2.45) is 0 Å². The van der Waals surface area contributed by atoms with E-state index >= 15 is 0 Å². The number of anilines is 1. The van der Waals surface area contributed by atoms with Gasteiger partial charge >= 0.3 is 12.0 Å². The van der Waals surface area contributed by atoms with Gasteiger partial charge in [-0.05, 0) is 43.3 Å². The molecule has 4 amide bonds. The summed E-state index contributed by atoms with van der Waals surface area (Å²) in [5.74, 6) is -2.39. The van der Waals surface area contributed by atoms with Crippen LogP contribution in [0.15, 0.2) is 76.9 Å². The molecule has 2 N–H and O–H groups in total. The van der Waals surface area contributed by atoms with Crippen molar-refractivity contribution in [2.45, 2.75) is 13.5 Å². The van der Waals surface area contributed by atoms with Gasteiger partial charge in [-0.3, -0.25) is 14.9 Å². The van der Waals surface area contributed by atoms with Crippen LogP contribution < -0.4 is 10.2 Å². The third-order valence-corrected chi connectivity index (χ3v) is 5.71. The molecule has 9 nitrogen and oxygen atoms in total. The number of fused-ring (bicyclic) bond motifs is 1. The second kappa shape index (κ2) is 8.45. The highest BCUT2D eigenvalue weighted by Crippen LogP contribution is 2.27. The number of benzene rings is 2. The van der Waals surface area contributed by atoms with Gasteiger partial charge in [0.2, 0.25) is 5.76 Å². The van der Waals surface area contributed by atoms with E-state index in [1.807, 2.05) is 35.8 Å². The molecular weight excluding hydrogens is 450 g/mol. The number of carboxylic acid groups (broad SMARTS) is 1. The number of hydrogen-bond donors (Lipinski definition) is 2. The maximum absolute atomic E-state index is 13.2. The highest BCUT2D eigenvalue weighted by molar-refractivity contribution is 6.39. The zero-order valence-electron chi connectivity index (χ0n) is 18.5. The van der Waals surface area contributed by atoms with Crippen molar-refractivity contribution in [3.05, 3.63) is 95.1 Å². The molecule has 35 heavy (non-hydrogen) atoms. The summed E-state index contributed by atoms with van der Waals surface area (Å²) in [6.07, 6.45) is 3.20. The molecule has 3 heterocycles. The first-order valence-corrected chi connectivity index (χ1v) is 10.7. The van der Waals surface area contributed by atoms with Gasteiger partial charge in [0.1, 0.15) is 11.3 Å². The quantitative estimate of drug-likeness (QED) is 0.337. The van der Waals surface area contributed by atoms with Crippen molar-refractivity contribution in [1.82, 2.24) is 9.88 Å². The minimum Gasteiger partial charge on any atom is -0.475 e. The van der Waals surface area contributed by atoms with Gasteiger partial charge in [0, 0.05) is 22.7 Å². The highest BCUT2D eigenvalue weighted by Gasteiger charge is 2.37. The Bertz CT molecular complexity index is 1540. The molecule has 0 aliphatic carbocycles. The summed E-state index contributed by atoms with van der Waals surface area (Å²) in [5.41, 5.74) is 2.51. The number of aromatic nitrogens is 1. The van der Waals surface area contributed by atoms with Crippen LogP contribution in [0.5, 0.6) is 0 Å². The first-order valence-electron chi connectivity index (χ1n) is 10.7. The summed E-state index contributed by atoms with van der Waals surface area (Å²) >= 11 is 0. The largest absolute Gasteiger partial charge is 0.475 e. The molecule has 0 radical (unpaired) electrons. The molecule has 2 aromatic carbocycles. The van der Waals surface area contributed by atoms with Gasteiger partial charge in [-0.15, -0.1) is 0 Å². The first kappa shape index (κ1) is 21.9. The number of rotatable bonds is 5. The van der Waals surface area contributed by atoms with Crippen LogP contribution in [0.3, 0.4) is 0 Å². The number of imide groups is 2. The van der Waals surface area contributed by atoms with Crippen molar-refractivity contribution < 1.29 is 28.7 Å². The van der Waals surface area contributed by atoms with Gasteiger partial charge in [0.15, 0.2) is 0 Å². The standard InChI is InChI=1S/C26H19N3O6/c1-15-6-8-17(9-7-15)29-24(31)20(23(30)27-26(29)34)12-16-13-28(21-5-3-2-4-19(16)21)14-18-10-11-22(35-18)25(32)33/h2-13H,14H2,1H3,(H,32,33)(H,27,30,34)/b20-12+. The summed E-state index contributed by atoms with van der Waals surface area (Å²) in [6.45, 7) is 2.13. The van der Waals surface area contributed by atoms with Gasteiger partial charge in [0.25, 0.3) is 11.8 Å². The molecule has 0 saturated carbocycles. The van der Waals surface area contributed by atoms with E-state index in [-0.39, 0.29) is 17.9 Å². The summed E-state index contributed by atoms with van der Waals surface area (Å²) in [7, 11) is 0. The van der Waals surface area contributed by atoms with Crippen molar-refractivity contribution in [2.75, 3.05) is 4.90 Å². The molecule has 2 aromatic heterocycles. The second-order valence-electron chi connectivity index (χ2n) is 8.09. The normalized spacial score (nSPS) is 15.2. The van der Waals surface area contributed by atoms with E-state index in [1.54, 1.807) is 36.5 Å². The van der Waals surface area contributed by atoms with Crippen LogP contribution in [-0.2, 0) is 16.1 Å². The molecule has 9 heteroatoms. The average molecular weight is 469 g/mol. The van der Waals surface area contributed by atoms with E-state index in [2.05, 4.69) is 5.32 Å². The molecule has 0 spiro atoms. The fourth-order valence-corrected chi connectivity index (χ4v) is 4.01. The predicted octanol–water partition coefficient (Wildman–Crippen LogP) is 3.96. The number of aromatic carboxylic acids is 1. The number of urea groups is 1. The average Bonchev–Trinajstić information content (AvgIpc) is 3.43. The molecule has 1 saturated heterocycles. The molecule has 174 valence electrons. The number of carbonyl (C=O) groups is 4. The fraction of sp³-hybridized carbons (Fsp3) is 0.0769. The van der Waals surface area contributed by atoms with E-state index in [9.17, 15) is 19.2 Å². The monoisotopic (exact) mass is 469 g/mol. The van der Waals surface area contributed by atoms with Gasteiger partial charge in [0.05, 0.1) is 12.2 Å². The smallest absolute Gasteiger partial charge is 0.371 e. The van der Waals surface area contributed by atoms with Crippen LogP contribution in [0.1, 0.15) is 27.4 Å². The van der Waals surface area contributed by atoms with Crippen LogP contribution in [0, 0.1) is 6.92 Å². The van der Waals surface area contributed by atoms with Crippen LogP contribution in [0.25, 0.3) is 17.0 Å². The molecule has 5 rings (SSSR count). The van der Waals surface area contributed by atoms with Gasteiger partial charge < -0.3 is 14.1 Å². The molecular formula is C26H19N3O6. The Morgan fingerprint density at radius 2 is 1.77 bits per heavy atom. The van der Waals surface area contributed by atoms with Gasteiger partial charge in [-0.25, -0.2) is 14.5 Å². The van der Waals surface area contributed by atoms with Crippen LogP contribution in [0.2, 0.25) is 0 Å². The Morgan fingerprint density at radius 3 is 2.49 bits per heavy atom. The zero-order valence-corrected chi connectivity index (χ0v) is 18.5. The van der Waals surface area contributed by atoms with Crippen LogP contribution in [0.4, 0.5) is 10.5 Å².